The zero-order chi connectivity index (χ0) is 20.8. The zero-order valence-electron chi connectivity index (χ0n) is 16.5. The third kappa shape index (κ3) is 4.56. The van der Waals surface area contributed by atoms with Crippen LogP contribution in [0.3, 0.4) is 0 Å². The molecule has 0 unspecified atom stereocenters. The average Bonchev–Trinajstić information content (AvgIpc) is 2.74. The lowest BCUT2D eigenvalue weighted by Gasteiger charge is -2.21. The Balaban J connectivity index is 1.83. The number of carbonyl (C=O) groups excluding carboxylic acids is 1. The number of phenols is 1. The van der Waals surface area contributed by atoms with Gasteiger partial charge >= 0.3 is 0 Å². The summed E-state index contributed by atoms with van der Waals surface area (Å²) in [7, 11) is 0. The van der Waals surface area contributed by atoms with Crippen molar-refractivity contribution in [3.63, 3.8) is 0 Å². The number of benzene rings is 3. The minimum atomic E-state index is -0.519. The Morgan fingerprint density at radius 3 is 2.45 bits per heavy atom. The second-order valence-corrected chi connectivity index (χ2v) is 6.60. The summed E-state index contributed by atoms with van der Waals surface area (Å²) in [4.78, 5) is 14.7. The second-order valence-electron chi connectivity index (χ2n) is 6.60. The van der Waals surface area contributed by atoms with Crippen LogP contribution in [0.15, 0.2) is 66.2 Å². The number of fused-ring (bicyclic) bond motifs is 1. The summed E-state index contributed by atoms with van der Waals surface area (Å²) in [6.45, 7) is 5.73. The molecule has 0 spiro atoms. The number of nitrogens with one attached hydrogen (secondary N) is 1. The van der Waals surface area contributed by atoms with Crippen LogP contribution in [0.1, 0.15) is 19.4 Å². The standard InChI is InChI=1S/C24H23N3O2/c1-3-27(4-2)22-12-10-19(23(28)15-22)13-20(16-25)24(29)26-21-11-9-17-7-5-6-8-18(17)14-21/h5-15,28H,3-4H2,1-2H3,(H,26,29)/b20-13-. The number of hydrogen-bond acceptors (Lipinski definition) is 4. The molecule has 29 heavy (non-hydrogen) atoms. The highest BCUT2D eigenvalue weighted by atomic mass is 16.3. The van der Waals surface area contributed by atoms with Gasteiger partial charge in [-0.15, -0.1) is 0 Å². The molecule has 146 valence electrons. The van der Waals surface area contributed by atoms with Crippen molar-refractivity contribution in [1.29, 1.82) is 5.26 Å². The molecule has 0 fully saturated rings. The van der Waals surface area contributed by atoms with Crippen molar-refractivity contribution in [2.45, 2.75) is 13.8 Å². The third-order valence-corrected chi connectivity index (χ3v) is 4.81. The number of hydrogen-bond donors (Lipinski definition) is 2. The summed E-state index contributed by atoms with van der Waals surface area (Å²) in [5.41, 5.74) is 1.84. The van der Waals surface area contributed by atoms with E-state index >= 15 is 0 Å². The molecule has 0 aliphatic rings. The Kier molecular flexibility index (Phi) is 6.16. The van der Waals surface area contributed by atoms with Crippen LogP contribution in [0, 0.1) is 11.3 Å². The Labute approximate surface area is 170 Å². The Morgan fingerprint density at radius 1 is 1.07 bits per heavy atom. The van der Waals surface area contributed by atoms with E-state index < -0.39 is 5.91 Å². The van der Waals surface area contributed by atoms with Crippen LogP contribution in [0.2, 0.25) is 0 Å². The summed E-state index contributed by atoms with van der Waals surface area (Å²) >= 11 is 0. The van der Waals surface area contributed by atoms with Gasteiger partial charge in [-0.2, -0.15) is 5.26 Å². The number of aromatic hydroxyl groups is 1. The SMILES string of the molecule is CCN(CC)c1ccc(/C=C(/C#N)C(=O)Nc2ccc3ccccc3c2)c(O)c1. The molecular weight excluding hydrogens is 362 g/mol. The number of phenolic OH excluding ortho intramolecular Hbond substituents is 1. The zero-order valence-corrected chi connectivity index (χ0v) is 16.5. The van der Waals surface area contributed by atoms with E-state index in [1.54, 1.807) is 18.2 Å². The molecular formula is C24H23N3O2. The van der Waals surface area contributed by atoms with Gasteiger partial charge in [0.05, 0.1) is 0 Å². The first-order valence-corrected chi connectivity index (χ1v) is 9.55. The van der Waals surface area contributed by atoms with Gasteiger partial charge in [-0.25, -0.2) is 0 Å². The van der Waals surface area contributed by atoms with E-state index in [-0.39, 0.29) is 11.3 Å². The van der Waals surface area contributed by atoms with Crippen molar-refractivity contribution in [2.75, 3.05) is 23.3 Å². The van der Waals surface area contributed by atoms with Gasteiger partial charge in [-0.1, -0.05) is 30.3 Å². The molecule has 2 N–H and O–H groups in total. The molecule has 3 aromatic rings. The van der Waals surface area contributed by atoms with Gasteiger partial charge in [0, 0.05) is 36.1 Å². The van der Waals surface area contributed by atoms with E-state index in [0.29, 0.717) is 11.3 Å². The van der Waals surface area contributed by atoms with Crippen molar-refractivity contribution in [1.82, 2.24) is 0 Å². The van der Waals surface area contributed by atoms with Crippen molar-refractivity contribution in [2.24, 2.45) is 0 Å². The Bertz CT molecular complexity index is 1110. The topological polar surface area (TPSA) is 76.4 Å². The van der Waals surface area contributed by atoms with E-state index in [1.807, 2.05) is 62.4 Å². The van der Waals surface area contributed by atoms with E-state index in [9.17, 15) is 15.2 Å². The minimum absolute atomic E-state index is 0.0284. The molecule has 5 nitrogen and oxygen atoms in total. The lowest BCUT2D eigenvalue weighted by molar-refractivity contribution is -0.112. The molecule has 0 bridgehead atoms. The number of anilines is 2. The van der Waals surface area contributed by atoms with Crippen LogP contribution in [0.25, 0.3) is 16.8 Å². The molecule has 0 saturated carbocycles. The number of rotatable bonds is 6. The highest BCUT2D eigenvalue weighted by Gasteiger charge is 2.12. The van der Waals surface area contributed by atoms with Gasteiger partial charge in [0.15, 0.2) is 0 Å². The number of amides is 1. The van der Waals surface area contributed by atoms with Crippen LogP contribution >= 0.6 is 0 Å². The van der Waals surface area contributed by atoms with Gasteiger partial charge < -0.3 is 15.3 Å². The second kappa shape index (κ2) is 8.94. The number of carbonyl (C=O) groups is 1. The van der Waals surface area contributed by atoms with Gasteiger partial charge in [-0.3, -0.25) is 4.79 Å². The Hall–Kier alpha value is -3.78. The van der Waals surface area contributed by atoms with E-state index in [2.05, 4.69) is 10.2 Å². The minimum Gasteiger partial charge on any atom is -0.507 e. The monoisotopic (exact) mass is 385 g/mol. The number of nitrogens with zero attached hydrogens (tertiary/aromatic N) is 2. The predicted octanol–water partition coefficient (Wildman–Crippen LogP) is 4.94. The molecule has 0 aliphatic carbocycles. The summed E-state index contributed by atoms with van der Waals surface area (Å²) in [5.74, 6) is -0.490. The highest BCUT2D eigenvalue weighted by molar-refractivity contribution is 6.10. The molecule has 1 amide bonds. The molecule has 3 aromatic carbocycles. The van der Waals surface area contributed by atoms with Crippen LogP contribution < -0.4 is 10.2 Å². The van der Waals surface area contributed by atoms with Crippen LogP contribution in [0.4, 0.5) is 11.4 Å². The van der Waals surface area contributed by atoms with E-state index in [0.717, 1.165) is 29.5 Å². The summed E-state index contributed by atoms with van der Waals surface area (Å²) in [6.07, 6.45) is 1.40. The fourth-order valence-electron chi connectivity index (χ4n) is 3.21. The van der Waals surface area contributed by atoms with Crippen LogP contribution in [-0.2, 0) is 4.79 Å². The van der Waals surface area contributed by atoms with Crippen molar-refractivity contribution >= 4 is 34.1 Å². The van der Waals surface area contributed by atoms with Crippen LogP contribution in [-0.4, -0.2) is 24.1 Å². The first kappa shape index (κ1) is 20.0. The average molecular weight is 385 g/mol. The van der Waals surface area contributed by atoms with Crippen molar-refractivity contribution in [3.8, 4) is 11.8 Å². The molecule has 0 heterocycles. The third-order valence-electron chi connectivity index (χ3n) is 4.81. The quantitative estimate of drug-likeness (QED) is 0.466. The maximum Gasteiger partial charge on any atom is 0.266 e. The van der Waals surface area contributed by atoms with Crippen LogP contribution in [0.5, 0.6) is 5.75 Å². The van der Waals surface area contributed by atoms with E-state index in [4.69, 9.17) is 0 Å². The smallest absolute Gasteiger partial charge is 0.266 e. The highest BCUT2D eigenvalue weighted by Crippen LogP contribution is 2.27. The first-order chi connectivity index (χ1) is 14.0. The summed E-state index contributed by atoms with van der Waals surface area (Å²) < 4.78 is 0. The molecule has 0 aliphatic heterocycles. The Morgan fingerprint density at radius 2 is 1.79 bits per heavy atom. The fourth-order valence-corrected chi connectivity index (χ4v) is 3.21. The van der Waals surface area contributed by atoms with Gasteiger partial charge in [0.25, 0.3) is 5.91 Å². The molecule has 5 heteroatoms. The van der Waals surface area contributed by atoms with Gasteiger partial charge in [0.1, 0.15) is 17.4 Å². The fraction of sp³-hybridized carbons (Fsp3) is 0.167. The largest absolute Gasteiger partial charge is 0.507 e. The normalized spacial score (nSPS) is 11.1. The lowest BCUT2D eigenvalue weighted by Crippen LogP contribution is -2.21. The van der Waals surface area contributed by atoms with Crippen molar-refractivity contribution in [3.05, 3.63) is 71.8 Å². The number of nitriles is 1. The molecule has 3 rings (SSSR count). The van der Waals surface area contributed by atoms with Gasteiger partial charge in [-0.05, 0) is 55.0 Å². The molecule has 0 radical (unpaired) electrons. The maximum atomic E-state index is 12.6. The predicted molar refractivity (Wildman–Crippen MR) is 118 cm³/mol. The lowest BCUT2D eigenvalue weighted by atomic mass is 10.1. The summed E-state index contributed by atoms with van der Waals surface area (Å²) in [6, 6.07) is 20.6. The van der Waals surface area contributed by atoms with E-state index in [1.165, 1.54) is 6.08 Å². The first-order valence-electron chi connectivity index (χ1n) is 9.55. The van der Waals surface area contributed by atoms with Gasteiger partial charge in [0.2, 0.25) is 0 Å². The molecule has 0 aromatic heterocycles. The molecule has 0 atom stereocenters. The maximum absolute atomic E-state index is 12.6. The molecule has 0 saturated heterocycles. The summed E-state index contributed by atoms with van der Waals surface area (Å²) in [5, 5.41) is 24.6. The van der Waals surface area contributed by atoms with Crippen molar-refractivity contribution < 1.29 is 9.90 Å².